The second-order valence-electron chi connectivity index (χ2n) is 7.18. The first-order valence-electron chi connectivity index (χ1n) is 8.32. The normalized spacial score (nSPS) is 12.7. The van der Waals surface area contributed by atoms with Gasteiger partial charge in [0.1, 0.15) is 5.75 Å². The first-order valence-corrected chi connectivity index (χ1v) is 8.32. The number of carbonyl (C=O) groups is 3. The van der Waals surface area contributed by atoms with Crippen molar-refractivity contribution in [3.05, 3.63) is 24.3 Å². The first kappa shape index (κ1) is 23.2. The standard InChI is InChI=1S/C17H23F3N4O4/c1-16(2,3)23-15(27)22-14(26)10-24(4)9-13(25)21-11-5-7-12(8-6-11)28-17(18,19)20/h5-8H,9-10H2,1-4H3,(H,21,25)(H2,22,23,26,27)/p+1. The van der Waals surface area contributed by atoms with E-state index in [0.29, 0.717) is 4.90 Å². The molecule has 0 heterocycles. The molecule has 1 aromatic rings. The number of quaternary nitrogens is 1. The van der Waals surface area contributed by atoms with Crippen molar-refractivity contribution < 1.29 is 37.2 Å². The Bertz CT molecular complexity index is 700. The molecular formula is C17H24F3N4O4+. The fraction of sp³-hybridized carbons (Fsp3) is 0.471. The number of rotatable bonds is 6. The van der Waals surface area contributed by atoms with Gasteiger partial charge in [-0.3, -0.25) is 14.9 Å². The van der Waals surface area contributed by atoms with Crippen LogP contribution in [0.4, 0.5) is 23.7 Å². The minimum absolute atomic E-state index is 0.0882. The molecule has 1 rings (SSSR count). The Morgan fingerprint density at radius 1 is 1.00 bits per heavy atom. The highest BCUT2D eigenvalue weighted by molar-refractivity contribution is 5.95. The third-order valence-corrected chi connectivity index (χ3v) is 3.04. The lowest BCUT2D eigenvalue weighted by molar-refractivity contribution is -0.862. The lowest BCUT2D eigenvalue weighted by Crippen LogP contribution is -3.11. The minimum Gasteiger partial charge on any atom is -0.406 e. The lowest BCUT2D eigenvalue weighted by Gasteiger charge is -2.20. The predicted octanol–water partition coefficient (Wildman–Crippen LogP) is 0.663. The number of urea groups is 1. The molecule has 0 saturated carbocycles. The number of halogens is 3. The van der Waals surface area contributed by atoms with Crippen LogP contribution in [-0.4, -0.2) is 49.9 Å². The Balaban J connectivity index is 2.44. The minimum atomic E-state index is -4.79. The Hall–Kier alpha value is -2.82. The predicted molar refractivity (Wildman–Crippen MR) is 94.8 cm³/mol. The van der Waals surface area contributed by atoms with Crippen molar-refractivity contribution in [2.45, 2.75) is 32.7 Å². The van der Waals surface area contributed by atoms with E-state index < -0.39 is 35.5 Å². The molecule has 8 nitrogen and oxygen atoms in total. The van der Waals surface area contributed by atoms with Crippen molar-refractivity contribution >= 4 is 23.5 Å². The second kappa shape index (κ2) is 9.40. The third kappa shape index (κ3) is 10.4. The summed E-state index contributed by atoms with van der Waals surface area (Å²) in [7, 11) is 1.58. The first-order chi connectivity index (χ1) is 12.7. The zero-order chi connectivity index (χ0) is 21.5. The van der Waals surface area contributed by atoms with Gasteiger partial charge in [0.05, 0.1) is 7.05 Å². The van der Waals surface area contributed by atoms with E-state index in [1.54, 1.807) is 27.8 Å². The molecule has 0 aromatic heterocycles. The van der Waals surface area contributed by atoms with Crippen LogP contribution in [0.2, 0.25) is 0 Å². The van der Waals surface area contributed by atoms with E-state index in [1.807, 2.05) is 0 Å². The number of carbonyl (C=O) groups excluding carboxylic acids is 3. The number of benzene rings is 1. The van der Waals surface area contributed by atoms with E-state index in [2.05, 4.69) is 20.7 Å². The molecular weight excluding hydrogens is 381 g/mol. The van der Waals surface area contributed by atoms with E-state index in [1.165, 1.54) is 12.1 Å². The van der Waals surface area contributed by atoms with Gasteiger partial charge in [0.25, 0.3) is 11.8 Å². The molecule has 1 unspecified atom stereocenters. The van der Waals surface area contributed by atoms with Crippen LogP contribution in [0.3, 0.4) is 0 Å². The average molecular weight is 405 g/mol. The van der Waals surface area contributed by atoms with Crippen molar-refractivity contribution in [2.75, 3.05) is 25.5 Å². The summed E-state index contributed by atoms with van der Waals surface area (Å²) in [5.74, 6) is -1.41. The zero-order valence-corrected chi connectivity index (χ0v) is 16.0. The van der Waals surface area contributed by atoms with E-state index >= 15 is 0 Å². The summed E-state index contributed by atoms with van der Waals surface area (Å²) in [5.41, 5.74) is -0.217. The Morgan fingerprint density at radius 3 is 2.04 bits per heavy atom. The number of hydrogen-bond acceptors (Lipinski definition) is 4. The van der Waals surface area contributed by atoms with Gasteiger partial charge in [-0.25, -0.2) is 4.79 Å². The molecule has 4 N–H and O–H groups in total. The Labute approximate surface area is 160 Å². The molecule has 4 amide bonds. The van der Waals surface area contributed by atoms with Gasteiger partial charge in [-0.05, 0) is 45.0 Å². The SMILES string of the molecule is C[NH+](CC(=O)NC(=O)NC(C)(C)C)CC(=O)Nc1ccc(OC(F)(F)F)cc1. The van der Waals surface area contributed by atoms with Crippen LogP contribution in [0.25, 0.3) is 0 Å². The van der Waals surface area contributed by atoms with Crippen molar-refractivity contribution in [2.24, 2.45) is 0 Å². The Morgan fingerprint density at radius 2 is 1.54 bits per heavy atom. The number of alkyl halides is 3. The maximum Gasteiger partial charge on any atom is 0.573 e. The van der Waals surface area contributed by atoms with E-state index in [0.717, 1.165) is 12.1 Å². The maximum absolute atomic E-state index is 12.1. The van der Waals surface area contributed by atoms with Gasteiger partial charge >= 0.3 is 12.4 Å². The van der Waals surface area contributed by atoms with Gasteiger partial charge < -0.3 is 20.3 Å². The van der Waals surface area contributed by atoms with Gasteiger partial charge in [0.15, 0.2) is 13.1 Å². The molecule has 0 fully saturated rings. The van der Waals surface area contributed by atoms with E-state index in [9.17, 15) is 27.6 Å². The molecule has 0 aliphatic rings. The number of anilines is 1. The highest BCUT2D eigenvalue weighted by Gasteiger charge is 2.31. The fourth-order valence-electron chi connectivity index (χ4n) is 2.10. The number of imide groups is 1. The largest absolute Gasteiger partial charge is 0.573 e. The molecule has 1 aromatic carbocycles. The number of ether oxygens (including phenoxy) is 1. The maximum atomic E-state index is 12.1. The van der Waals surface area contributed by atoms with Crippen LogP contribution in [0.1, 0.15) is 20.8 Å². The van der Waals surface area contributed by atoms with Gasteiger partial charge in [-0.1, -0.05) is 0 Å². The molecule has 0 aliphatic carbocycles. The van der Waals surface area contributed by atoms with Gasteiger partial charge in [0.2, 0.25) is 0 Å². The van der Waals surface area contributed by atoms with Crippen molar-refractivity contribution in [3.63, 3.8) is 0 Å². The number of nitrogens with one attached hydrogen (secondary N) is 4. The second-order valence-corrected chi connectivity index (χ2v) is 7.18. The molecule has 28 heavy (non-hydrogen) atoms. The average Bonchev–Trinajstić information content (AvgIpc) is 2.44. The number of hydrogen-bond donors (Lipinski definition) is 4. The lowest BCUT2D eigenvalue weighted by atomic mass is 10.1. The van der Waals surface area contributed by atoms with Crippen LogP contribution >= 0.6 is 0 Å². The van der Waals surface area contributed by atoms with Crippen LogP contribution in [0, 0.1) is 0 Å². The monoisotopic (exact) mass is 405 g/mol. The van der Waals surface area contributed by atoms with Crippen molar-refractivity contribution in [1.82, 2.24) is 10.6 Å². The molecule has 156 valence electrons. The molecule has 0 bridgehead atoms. The summed E-state index contributed by atoms with van der Waals surface area (Å²) in [4.78, 5) is 35.9. The van der Waals surface area contributed by atoms with Crippen molar-refractivity contribution in [3.8, 4) is 5.75 Å². The highest BCUT2D eigenvalue weighted by Crippen LogP contribution is 2.23. The summed E-state index contributed by atoms with van der Waals surface area (Å²) in [6.45, 7) is 5.08. The summed E-state index contributed by atoms with van der Waals surface area (Å²) in [6, 6.07) is 4.04. The zero-order valence-electron chi connectivity index (χ0n) is 16.0. The van der Waals surface area contributed by atoms with E-state index in [4.69, 9.17) is 0 Å². The number of likely N-dealkylation sites (N-methyl/N-ethyl adjacent to an activating group) is 1. The molecule has 0 radical (unpaired) electrons. The topological polar surface area (TPSA) is 101 Å². The van der Waals surface area contributed by atoms with Crippen LogP contribution in [-0.2, 0) is 9.59 Å². The van der Waals surface area contributed by atoms with Gasteiger partial charge in [-0.2, -0.15) is 0 Å². The highest BCUT2D eigenvalue weighted by atomic mass is 19.4. The van der Waals surface area contributed by atoms with Crippen LogP contribution < -0.4 is 25.6 Å². The molecule has 0 spiro atoms. The molecule has 0 aliphatic heterocycles. The quantitative estimate of drug-likeness (QED) is 0.559. The van der Waals surface area contributed by atoms with Crippen LogP contribution in [0.15, 0.2) is 24.3 Å². The summed E-state index contributed by atoms with van der Waals surface area (Å²) in [5, 5.41) is 7.24. The van der Waals surface area contributed by atoms with Crippen molar-refractivity contribution in [1.29, 1.82) is 0 Å². The van der Waals surface area contributed by atoms with Gasteiger partial charge in [0, 0.05) is 11.2 Å². The Kier molecular flexibility index (Phi) is 7.79. The summed E-state index contributed by atoms with van der Waals surface area (Å²) >= 11 is 0. The molecule has 11 heteroatoms. The third-order valence-electron chi connectivity index (χ3n) is 3.04. The molecule has 1 atom stereocenters. The molecule has 0 saturated heterocycles. The van der Waals surface area contributed by atoms with Gasteiger partial charge in [-0.15, -0.1) is 13.2 Å². The van der Waals surface area contributed by atoms with Crippen LogP contribution in [0.5, 0.6) is 5.75 Å². The fourth-order valence-corrected chi connectivity index (χ4v) is 2.10. The van der Waals surface area contributed by atoms with E-state index in [-0.39, 0.29) is 18.8 Å². The summed E-state index contributed by atoms with van der Waals surface area (Å²) in [6.07, 6.45) is -4.79. The smallest absolute Gasteiger partial charge is 0.406 e. The summed E-state index contributed by atoms with van der Waals surface area (Å²) < 4.78 is 40.1. The number of amides is 4.